The third kappa shape index (κ3) is 2.04. The summed E-state index contributed by atoms with van der Waals surface area (Å²) in [6, 6.07) is 7.39. The second-order valence-electron chi connectivity index (χ2n) is 3.76. The Morgan fingerprint density at radius 1 is 1.18 bits per heavy atom. The van der Waals surface area contributed by atoms with E-state index in [1.807, 2.05) is 19.1 Å². The summed E-state index contributed by atoms with van der Waals surface area (Å²) in [6.07, 6.45) is 1.16. The van der Waals surface area contributed by atoms with Gasteiger partial charge >= 0.3 is 5.69 Å². The van der Waals surface area contributed by atoms with Crippen LogP contribution < -0.4 is 11.2 Å². The quantitative estimate of drug-likeness (QED) is 0.765. The lowest BCUT2D eigenvalue weighted by atomic mass is 10.2. The van der Waals surface area contributed by atoms with Gasteiger partial charge in [-0.15, -0.1) is 0 Å². The summed E-state index contributed by atoms with van der Waals surface area (Å²) in [5.41, 5.74) is 0.970. The number of aromatic nitrogens is 3. The molecule has 0 saturated heterocycles. The maximum atomic E-state index is 12.0. The number of rotatable bonds is 2. The van der Waals surface area contributed by atoms with Crippen molar-refractivity contribution in [1.82, 2.24) is 14.3 Å². The van der Waals surface area contributed by atoms with E-state index in [1.165, 1.54) is 4.68 Å². The number of nitrogens with zero attached hydrogens (tertiary/aromatic N) is 3. The smallest absolute Gasteiger partial charge is 0.267 e. The van der Waals surface area contributed by atoms with E-state index in [0.717, 1.165) is 16.3 Å². The predicted octanol–water partition coefficient (Wildman–Crippen LogP) is 0.723. The number of hydrogen-bond donors (Lipinski definition) is 0. The summed E-state index contributed by atoms with van der Waals surface area (Å²) in [5.74, 6) is 0. The Hall–Kier alpha value is -2.17. The molecule has 0 aliphatic heterocycles. The molecule has 0 saturated carbocycles. The molecule has 0 N–H and O–H groups in total. The van der Waals surface area contributed by atoms with E-state index in [2.05, 4.69) is 5.10 Å². The van der Waals surface area contributed by atoms with Crippen molar-refractivity contribution in [1.29, 1.82) is 0 Å². The summed E-state index contributed by atoms with van der Waals surface area (Å²) in [6.45, 7) is 4.06. The van der Waals surface area contributed by atoms with Crippen LogP contribution in [0.3, 0.4) is 0 Å². The molecule has 88 valence electrons. The molecule has 0 fully saturated rings. The van der Waals surface area contributed by atoms with Gasteiger partial charge in [-0.1, -0.05) is 17.7 Å². The molecule has 5 nitrogen and oxygen atoms in total. The SMILES string of the molecule is CCn1c(=O)cnn(-c2ccc(C)cc2)c1=O. The van der Waals surface area contributed by atoms with Crippen LogP contribution in [0.15, 0.2) is 40.1 Å². The van der Waals surface area contributed by atoms with Crippen LogP contribution in [0, 0.1) is 6.92 Å². The molecule has 0 radical (unpaired) electrons. The highest BCUT2D eigenvalue weighted by Crippen LogP contribution is 2.04. The number of hydrogen-bond acceptors (Lipinski definition) is 3. The minimum absolute atomic E-state index is 0.339. The molecule has 0 aliphatic rings. The molecule has 0 spiro atoms. The number of aryl methyl sites for hydroxylation is 1. The predicted molar refractivity (Wildman–Crippen MR) is 64.5 cm³/mol. The van der Waals surface area contributed by atoms with Crippen molar-refractivity contribution in [3.8, 4) is 5.69 Å². The van der Waals surface area contributed by atoms with Crippen molar-refractivity contribution in [2.75, 3.05) is 0 Å². The molecular formula is C12H13N3O2. The fourth-order valence-electron chi connectivity index (χ4n) is 1.59. The second-order valence-corrected chi connectivity index (χ2v) is 3.76. The Bertz CT molecular complexity index is 638. The molecular weight excluding hydrogens is 218 g/mol. The lowest BCUT2D eigenvalue weighted by molar-refractivity contribution is 0.601. The van der Waals surface area contributed by atoms with Crippen LogP contribution in [0.2, 0.25) is 0 Å². The van der Waals surface area contributed by atoms with Gasteiger partial charge in [-0.25, -0.2) is 4.79 Å². The van der Waals surface area contributed by atoms with E-state index in [0.29, 0.717) is 12.2 Å². The van der Waals surface area contributed by atoms with Gasteiger partial charge < -0.3 is 0 Å². The maximum absolute atomic E-state index is 12.0. The van der Waals surface area contributed by atoms with Gasteiger partial charge in [-0.2, -0.15) is 9.78 Å². The molecule has 0 unspecified atom stereocenters. The minimum Gasteiger partial charge on any atom is -0.267 e. The van der Waals surface area contributed by atoms with Gasteiger partial charge in [0.2, 0.25) is 0 Å². The van der Waals surface area contributed by atoms with Crippen LogP contribution in [0.5, 0.6) is 0 Å². The van der Waals surface area contributed by atoms with Crippen molar-refractivity contribution in [3.05, 3.63) is 56.9 Å². The summed E-state index contributed by atoms with van der Waals surface area (Å²) in [5, 5.41) is 3.86. The largest absolute Gasteiger partial charge is 0.352 e. The van der Waals surface area contributed by atoms with E-state index >= 15 is 0 Å². The van der Waals surface area contributed by atoms with Crippen molar-refractivity contribution in [2.24, 2.45) is 0 Å². The first-order chi connectivity index (χ1) is 8.13. The molecule has 0 bridgehead atoms. The molecule has 1 aromatic heterocycles. The van der Waals surface area contributed by atoms with Crippen molar-refractivity contribution in [3.63, 3.8) is 0 Å². The third-order valence-electron chi connectivity index (χ3n) is 2.56. The van der Waals surface area contributed by atoms with E-state index in [1.54, 1.807) is 19.1 Å². The zero-order valence-corrected chi connectivity index (χ0v) is 9.75. The topological polar surface area (TPSA) is 56.9 Å². The van der Waals surface area contributed by atoms with Gasteiger partial charge in [0.05, 0.1) is 5.69 Å². The first-order valence-electron chi connectivity index (χ1n) is 5.39. The van der Waals surface area contributed by atoms with E-state index in [4.69, 9.17) is 0 Å². The molecule has 17 heavy (non-hydrogen) atoms. The fraction of sp³-hybridized carbons (Fsp3) is 0.250. The Labute approximate surface area is 98.0 Å². The summed E-state index contributed by atoms with van der Waals surface area (Å²) in [7, 11) is 0. The van der Waals surface area contributed by atoms with Gasteiger partial charge in [0.1, 0.15) is 6.20 Å². The Kier molecular flexibility index (Phi) is 2.91. The lowest BCUT2D eigenvalue weighted by Gasteiger charge is -2.06. The van der Waals surface area contributed by atoms with E-state index in [-0.39, 0.29) is 5.56 Å². The van der Waals surface area contributed by atoms with Gasteiger partial charge in [-0.05, 0) is 26.0 Å². The van der Waals surface area contributed by atoms with Gasteiger partial charge in [-0.3, -0.25) is 9.36 Å². The van der Waals surface area contributed by atoms with Crippen LogP contribution in [0.4, 0.5) is 0 Å². The van der Waals surface area contributed by atoms with E-state index in [9.17, 15) is 9.59 Å². The molecule has 2 rings (SSSR count). The van der Waals surface area contributed by atoms with Gasteiger partial charge in [0.15, 0.2) is 0 Å². The van der Waals surface area contributed by atoms with E-state index < -0.39 is 5.69 Å². The first kappa shape index (κ1) is 11.3. The monoisotopic (exact) mass is 231 g/mol. The average molecular weight is 231 g/mol. The first-order valence-corrected chi connectivity index (χ1v) is 5.39. The number of benzene rings is 1. The normalized spacial score (nSPS) is 10.5. The highest BCUT2D eigenvalue weighted by Gasteiger charge is 2.06. The molecule has 2 aromatic rings. The highest BCUT2D eigenvalue weighted by molar-refractivity contribution is 5.32. The van der Waals surface area contributed by atoms with Crippen LogP contribution in [-0.4, -0.2) is 14.3 Å². The van der Waals surface area contributed by atoms with Crippen LogP contribution in [0.25, 0.3) is 5.69 Å². The minimum atomic E-state index is -0.413. The maximum Gasteiger partial charge on any atom is 0.352 e. The molecule has 0 atom stereocenters. The zero-order valence-electron chi connectivity index (χ0n) is 9.75. The van der Waals surface area contributed by atoms with Crippen molar-refractivity contribution in [2.45, 2.75) is 20.4 Å². The Morgan fingerprint density at radius 3 is 2.41 bits per heavy atom. The summed E-state index contributed by atoms with van der Waals surface area (Å²) < 4.78 is 2.37. The lowest BCUT2D eigenvalue weighted by Crippen LogP contribution is -2.39. The summed E-state index contributed by atoms with van der Waals surface area (Å²) >= 11 is 0. The second kappa shape index (κ2) is 4.37. The Morgan fingerprint density at radius 2 is 1.82 bits per heavy atom. The van der Waals surface area contributed by atoms with Gasteiger partial charge in [0, 0.05) is 6.54 Å². The zero-order chi connectivity index (χ0) is 12.4. The third-order valence-corrected chi connectivity index (χ3v) is 2.56. The van der Waals surface area contributed by atoms with Crippen LogP contribution >= 0.6 is 0 Å². The molecule has 0 aliphatic carbocycles. The fourth-order valence-corrected chi connectivity index (χ4v) is 1.59. The highest BCUT2D eigenvalue weighted by atomic mass is 16.2. The van der Waals surface area contributed by atoms with Crippen molar-refractivity contribution >= 4 is 0 Å². The summed E-state index contributed by atoms with van der Waals surface area (Å²) in [4.78, 5) is 23.4. The van der Waals surface area contributed by atoms with Crippen LogP contribution in [0.1, 0.15) is 12.5 Å². The van der Waals surface area contributed by atoms with Gasteiger partial charge in [0.25, 0.3) is 5.56 Å². The molecule has 1 heterocycles. The Balaban J connectivity index is 2.65. The molecule has 1 aromatic carbocycles. The van der Waals surface area contributed by atoms with Crippen molar-refractivity contribution < 1.29 is 0 Å². The molecule has 5 heteroatoms. The average Bonchev–Trinajstić information content (AvgIpc) is 2.31. The standard InChI is InChI=1S/C12H13N3O2/c1-3-14-11(16)8-13-15(12(14)17)10-6-4-9(2)5-7-10/h4-8H,3H2,1-2H3. The van der Waals surface area contributed by atoms with Crippen LogP contribution in [-0.2, 0) is 6.54 Å². The molecule has 0 amide bonds.